The van der Waals surface area contributed by atoms with Crippen molar-refractivity contribution in [3.8, 4) is 0 Å². The standard InChI is InChI=1S/C9H12BN3O2/c11-8(9(14)15)5-7-6-12-10-3-1-2-4-13(7)10/h1-4,6-8H,5,11H2,(H,14,15). The Balaban J connectivity index is 2.01. The summed E-state index contributed by atoms with van der Waals surface area (Å²) in [7, 11) is 0. The predicted octanol–water partition coefficient (Wildman–Crippen LogP) is -0.346. The molecule has 0 aromatic heterocycles. The summed E-state index contributed by atoms with van der Waals surface area (Å²) in [5, 5.41) is 8.72. The molecular weight excluding hydrogens is 193 g/mol. The second kappa shape index (κ2) is 3.90. The van der Waals surface area contributed by atoms with E-state index in [0.717, 1.165) is 0 Å². The van der Waals surface area contributed by atoms with Crippen LogP contribution in [0.4, 0.5) is 0 Å². The van der Waals surface area contributed by atoms with E-state index in [0.29, 0.717) is 6.42 Å². The quantitative estimate of drug-likeness (QED) is 0.617. The highest BCUT2D eigenvalue weighted by Crippen LogP contribution is 2.18. The van der Waals surface area contributed by atoms with Crippen molar-refractivity contribution in [2.45, 2.75) is 18.5 Å². The Morgan fingerprint density at radius 2 is 2.47 bits per heavy atom. The molecule has 0 aromatic rings. The number of hydrogen-bond acceptors (Lipinski definition) is 4. The maximum Gasteiger partial charge on any atom is 0.422 e. The average molecular weight is 205 g/mol. The normalized spacial score (nSPS) is 24.5. The maximum atomic E-state index is 10.6. The van der Waals surface area contributed by atoms with Crippen LogP contribution in [-0.4, -0.2) is 41.2 Å². The lowest BCUT2D eigenvalue weighted by molar-refractivity contribution is -0.138. The van der Waals surface area contributed by atoms with Gasteiger partial charge in [-0.25, -0.2) is 0 Å². The Labute approximate surface area is 88.1 Å². The highest BCUT2D eigenvalue weighted by atomic mass is 16.4. The van der Waals surface area contributed by atoms with Gasteiger partial charge in [-0.05, 0) is 18.7 Å². The minimum atomic E-state index is -0.969. The third-order valence-electron chi connectivity index (χ3n) is 2.56. The highest BCUT2D eigenvalue weighted by Gasteiger charge is 2.32. The van der Waals surface area contributed by atoms with Crippen LogP contribution in [0.5, 0.6) is 0 Å². The number of fused-ring (bicyclic) bond motifs is 1. The fourth-order valence-corrected chi connectivity index (χ4v) is 1.74. The van der Waals surface area contributed by atoms with E-state index >= 15 is 0 Å². The fourth-order valence-electron chi connectivity index (χ4n) is 1.74. The topological polar surface area (TPSA) is 78.9 Å². The van der Waals surface area contributed by atoms with Crippen molar-refractivity contribution in [1.82, 2.24) is 4.81 Å². The molecule has 15 heavy (non-hydrogen) atoms. The number of carboxylic acid groups (broad SMARTS) is 1. The molecule has 2 aliphatic rings. The minimum Gasteiger partial charge on any atom is -0.480 e. The van der Waals surface area contributed by atoms with Crippen LogP contribution in [0.2, 0.25) is 0 Å². The Hall–Kier alpha value is -1.56. The summed E-state index contributed by atoms with van der Waals surface area (Å²) in [5.41, 5.74) is 5.49. The molecule has 5 nitrogen and oxygen atoms in total. The summed E-state index contributed by atoms with van der Waals surface area (Å²) in [5.74, 6) is 0.992. The van der Waals surface area contributed by atoms with Crippen molar-refractivity contribution in [2.75, 3.05) is 0 Å². The number of rotatable bonds is 3. The van der Waals surface area contributed by atoms with Crippen molar-refractivity contribution in [3.63, 3.8) is 0 Å². The van der Waals surface area contributed by atoms with Gasteiger partial charge in [0.15, 0.2) is 0 Å². The van der Waals surface area contributed by atoms with Crippen molar-refractivity contribution in [3.05, 3.63) is 24.3 Å². The van der Waals surface area contributed by atoms with E-state index < -0.39 is 12.0 Å². The second-order valence-electron chi connectivity index (χ2n) is 3.63. The Kier molecular flexibility index (Phi) is 2.59. The summed E-state index contributed by atoms with van der Waals surface area (Å²) in [6.07, 6.45) is 7.90. The molecule has 2 rings (SSSR count). The third-order valence-corrected chi connectivity index (χ3v) is 2.56. The van der Waals surface area contributed by atoms with Crippen LogP contribution in [0, 0.1) is 0 Å². The predicted molar refractivity (Wildman–Crippen MR) is 58.4 cm³/mol. The zero-order valence-corrected chi connectivity index (χ0v) is 8.15. The molecule has 0 amide bonds. The molecule has 0 aliphatic carbocycles. The number of nitrogens with two attached hydrogens (primary N) is 1. The number of carboxylic acids is 1. The van der Waals surface area contributed by atoms with Crippen LogP contribution < -0.4 is 5.73 Å². The first kappa shape index (κ1) is 9.98. The van der Waals surface area contributed by atoms with Gasteiger partial charge < -0.3 is 20.6 Å². The van der Waals surface area contributed by atoms with E-state index in [9.17, 15) is 4.79 Å². The summed E-state index contributed by atoms with van der Waals surface area (Å²) in [4.78, 5) is 16.9. The SMILES string of the molecule is NC(CC1C=NB2C=CC=CN21)C(=O)O. The van der Waals surface area contributed by atoms with Crippen LogP contribution in [0.3, 0.4) is 0 Å². The van der Waals surface area contributed by atoms with Crippen LogP contribution in [0.15, 0.2) is 29.2 Å². The largest absolute Gasteiger partial charge is 0.480 e. The lowest BCUT2D eigenvalue weighted by Gasteiger charge is -2.26. The molecule has 0 aromatic carbocycles. The summed E-state index contributed by atoms with van der Waals surface area (Å²) in [6.45, 7) is 0.0148. The van der Waals surface area contributed by atoms with Gasteiger partial charge in [0.2, 0.25) is 0 Å². The van der Waals surface area contributed by atoms with E-state index in [1.807, 2.05) is 29.1 Å². The number of hydrogen-bond donors (Lipinski definition) is 2. The first-order valence-electron chi connectivity index (χ1n) is 4.82. The first-order valence-corrected chi connectivity index (χ1v) is 4.82. The Morgan fingerprint density at radius 1 is 1.67 bits per heavy atom. The van der Waals surface area contributed by atoms with Gasteiger partial charge in [-0.3, -0.25) is 4.79 Å². The van der Waals surface area contributed by atoms with Crippen molar-refractivity contribution in [2.24, 2.45) is 10.6 Å². The second-order valence-corrected chi connectivity index (χ2v) is 3.63. The van der Waals surface area contributed by atoms with Crippen molar-refractivity contribution < 1.29 is 9.90 Å². The van der Waals surface area contributed by atoms with Gasteiger partial charge in [0.1, 0.15) is 6.04 Å². The molecule has 2 atom stereocenters. The van der Waals surface area contributed by atoms with Gasteiger partial charge >= 0.3 is 13.0 Å². The molecule has 0 fully saturated rings. The number of nitrogens with zero attached hydrogens (tertiary/aromatic N) is 2. The van der Waals surface area contributed by atoms with Gasteiger partial charge in [-0.15, -0.1) is 0 Å². The molecule has 2 unspecified atom stereocenters. The lowest BCUT2D eigenvalue weighted by Crippen LogP contribution is -2.42. The molecule has 0 saturated carbocycles. The molecule has 78 valence electrons. The van der Waals surface area contributed by atoms with Crippen LogP contribution in [-0.2, 0) is 4.79 Å². The number of allylic oxidation sites excluding steroid dienone is 2. The zero-order chi connectivity index (χ0) is 10.8. The molecule has 2 heterocycles. The first-order chi connectivity index (χ1) is 7.18. The van der Waals surface area contributed by atoms with Gasteiger partial charge in [0, 0.05) is 6.21 Å². The fraction of sp³-hybridized carbons (Fsp3) is 0.333. The van der Waals surface area contributed by atoms with Crippen LogP contribution >= 0.6 is 0 Å². The average Bonchev–Trinajstić information content (AvgIpc) is 2.62. The monoisotopic (exact) mass is 205 g/mol. The summed E-state index contributed by atoms with van der Waals surface area (Å²) < 4.78 is 0. The van der Waals surface area contributed by atoms with E-state index in [1.54, 1.807) is 6.21 Å². The zero-order valence-electron chi connectivity index (χ0n) is 8.15. The Bertz CT molecular complexity index is 353. The lowest BCUT2D eigenvalue weighted by atomic mass is 9.74. The minimum absolute atomic E-state index is 0.0118. The highest BCUT2D eigenvalue weighted by molar-refractivity contribution is 6.63. The maximum absolute atomic E-state index is 10.6. The van der Waals surface area contributed by atoms with Gasteiger partial charge in [0.25, 0.3) is 0 Å². The molecular formula is C9H12BN3O2. The molecule has 0 radical (unpaired) electrons. The smallest absolute Gasteiger partial charge is 0.422 e. The molecule has 6 heteroatoms. The van der Waals surface area contributed by atoms with E-state index in [1.165, 1.54) is 0 Å². The van der Waals surface area contributed by atoms with E-state index in [4.69, 9.17) is 10.8 Å². The number of carbonyl (C=O) groups is 1. The summed E-state index contributed by atoms with van der Waals surface area (Å²) >= 11 is 0. The molecule has 2 aliphatic heterocycles. The third kappa shape index (κ3) is 1.94. The van der Waals surface area contributed by atoms with Crippen molar-refractivity contribution in [1.29, 1.82) is 0 Å². The van der Waals surface area contributed by atoms with E-state index in [2.05, 4.69) is 4.90 Å². The van der Waals surface area contributed by atoms with Crippen LogP contribution in [0.25, 0.3) is 0 Å². The van der Waals surface area contributed by atoms with Crippen LogP contribution in [0.1, 0.15) is 6.42 Å². The number of aliphatic carboxylic acids is 1. The molecule has 3 N–H and O–H groups in total. The molecule has 0 spiro atoms. The summed E-state index contributed by atoms with van der Waals surface area (Å²) in [6, 6.07) is -0.846. The van der Waals surface area contributed by atoms with Crippen molar-refractivity contribution >= 4 is 19.2 Å². The van der Waals surface area contributed by atoms with Gasteiger partial charge in [-0.2, -0.15) is 0 Å². The van der Waals surface area contributed by atoms with E-state index in [-0.39, 0.29) is 13.0 Å². The molecule has 0 bridgehead atoms. The van der Waals surface area contributed by atoms with Gasteiger partial charge in [0.05, 0.1) is 6.04 Å². The Morgan fingerprint density at radius 3 is 3.20 bits per heavy atom. The molecule has 0 saturated heterocycles. The van der Waals surface area contributed by atoms with Gasteiger partial charge in [-0.1, -0.05) is 12.1 Å².